The van der Waals surface area contributed by atoms with Gasteiger partial charge >= 0.3 is 0 Å². The summed E-state index contributed by atoms with van der Waals surface area (Å²) in [6.07, 6.45) is 0.725. The molecule has 0 unspecified atom stereocenters. The lowest BCUT2D eigenvalue weighted by Crippen LogP contribution is -2.14. The number of nitrogens with one attached hydrogen (secondary N) is 1. The van der Waals surface area contributed by atoms with Crippen molar-refractivity contribution in [2.75, 3.05) is 0 Å². The number of rotatable bonds is 1. The number of fused-ring (bicyclic) bond motifs is 3. The average molecular weight is 363 g/mol. The minimum absolute atomic E-state index is 0.180. The second-order valence-electron chi connectivity index (χ2n) is 5.51. The van der Waals surface area contributed by atoms with E-state index < -0.39 is 0 Å². The van der Waals surface area contributed by atoms with E-state index in [1.165, 1.54) is 5.56 Å². The number of H-pyrrole nitrogens is 1. The number of halogens is 1. The van der Waals surface area contributed by atoms with Crippen LogP contribution in [0, 0.1) is 11.3 Å². The molecule has 23 heavy (non-hydrogen) atoms. The van der Waals surface area contributed by atoms with Crippen molar-refractivity contribution in [3.63, 3.8) is 0 Å². The van der Waals surface area contributed by atoms with Gasteiger partial charge in [0.2, 0.25) is 0 Å². The fourth-order valence-corrected chi connectivity index (χ4v) is 3.46. The summed E-state index contributed by atoms with van der Waals surface area (Å²) < 4.78 is 0.963. The average Bonchev–Trinajstić information content (AvgIpc) is 2.93. The molecule has 1 heterocycles. The van der Waals surface area contributed by atoms with E-state index in [0.29, 0.717) is 0 Å². The van der Waals surface area contributed by atoms with Crippen LogP contribution >= 0.6 is 15.9 Å². The fourth-order valence-electron chi connectivity index (χ4n) is 3.20. The molecule has 0 saturated carbocycles. The molecule has 4 heteroatoms. The van der Waals surface area contributed by atoms with Gasteiger partial charge in [0.25, 0.3) is 5.56 Å². The highest BCUT2D eigenvalue weighted by molar-refractivity contribution is 9.10. The Morgan fingerprint density at radius 3 is 2.57 bits per heavy atom. The monoisotopic (exact) mass is 362 g/mol. The van der Waals surface area contributed by atoms with Gasteiger partial charge in [-0.2, -0.15) is 5.26 Å². The molecule has 3 aromatic rings. The topological polar surface area (TPSA) is 56.6 Å². The van der Waals surface area contributed by atoms with E-state index in [4.69, 9.17) is 0 Å². The maximum atomic E-state index is 12.4. The van der Waals surface area contributed by atoms with Gasteiger partial charge in [-0.3, -0.25) is 4.79 Å². The molecular weight excluding hydrogens is 352 g/mol. The van der Waals surface area contributed by atoms with Crippen LogP contribution < -0.4 is 5.56 Å². The zero-order valence-electron chi connectivity index (χ0n) is 12.1. The van der Waals surface area contributed by atoms with Gasteiger partial charge in [0.05, 0.1) is 5.69 Å². The first-order valence-electron chi connectivity index (χ1n) is 7.22. The summed E-state index contributed by atoms with van der Waals surface area (Å²) in [5.74, 6) is 0. The molecule has 4 rings (SSSR count). The smallest absolute Gasteiger partial charge is 0.266 e. The first-order valence-corrected chi connectivity index (χ1v) is 8.02. The molecule has 0 bridgehead atoms. The van der Waals surface area contributed by atoms with Crippen molar-refractivity contribution in [2.45, 2.75) is 6.42 Å². The van der Waals surface area contributed by atoms with Crippen molar-refractivity contribution < 1.29 is 0 Å². The molecule has 0 aliphatic heterocycles. The number of aromatic amines is 1. The lowest BCUT2D eigenvalue weighted by molar-refractivity contribution is 1.17. The van der Waals surface area contributed by atoms with Gasteiger partial charge in [0, 0.05) is 22.0 Å². The molecule has 0 amide bonds. The van der Waals surface area contributed by atoms with Crippen molar-refractivity contribution >= 4 is 15.9 Å². The van der Waals surface area contributed by atoms with Gasteiger partial charge in [-0.1, -0.05) is 52.3 Å². The van der Waals surface area contributed by atoms with Crippen LogP contribution in [0.4, 0.5) is 0 Å². The van der Waals surface area contributed by atoms with Crippen molar-refractivity contribution in [1.29, 1.82) is 5.26 Å². The number of benzene rings is 2. The predicted octanol–water partition coefficient (Wildman–Crippen LogP) is 4.25. The summed E-state index contributed by atoms with van der Waals surface area (Å²) in [6.45, 7) is 0. The Kier molecular flexibility index (Phi) is 3.17. The van der Waals surface area contributed by atoms with Gasteiger partial charge < -0.3 is 4.98 Å². The first-order chi connectivity index (χ1) is 11.2. The Morgan fingerprint density at radius 1 is 1.09 bits per heavy atom. The molecule has 0 radical (unpaired) electrons. The first kappa shape index (κ1) is 14.0. The van der Waals surface area contributed by atoms with Crippen LogP contribution in [0.3, 0.4) is 0 Å². The third kappa shape index (κ3) is 2.13. The Balaban J connectivity index is 2.07. The Bertz CT molecular complexity index is 1030. The van der Waals surface area contributed by atoms with Gasteiger partial charge in [-0.05, 0) is 28.8 Å². The molecule has 1 aromatic heterocycles. The van der Waals surface area contributed by atoms with Crippen molar-refractivity contribution in [3.05, 3.63) is 80.0 Å². The summed E-state index contributed by atoms with van der Waals surface area (Å²) >= 11 is 3.42. The third-order valence-electron chi connectivity index (χ3n) is 4.22. The van der Waals surface area contributed by atoms with E-state index in [-0.39, 0.29) is 11.1 Å². The molecule has 0 saturated heterocycles. The van der Waals surface area contributed by atoms with Crippen LogP contribution in [-0.4, -0.2) is 4.98 Å². The summed E-state index contributed by atoms with van der Waals surface area (Å²) in [6, 6.07) is 17.8. The van der Waals surface area contributed by atoms with E-state index >= 15 is 0 Å². The molecule has 0 atom stereocenters. The van der Waals surface area contributed by atoms with E-state index in [2.05, 4.69) is 33.0 Å². The second kappa shape index (κ2) is 5.22. The molecule has 1 aliphatic rings. The van der Waals surface area contributed by atoms with Crippen LogP contribution in [0.5, 0.6) is 0 Å². The maximum Gasteiger partial charge on any atom is 0.266 e. The van der Waals surface area contributed by atoms with Gasteiger partial charge in [0.1, 0.15) is 11.6 Å². The number of aromatic nitrogens is 1. The van der Waals surface area contributed by atoms with Crippen molar-refractivity contribution in [1.82, 2.24) is 4.98 Å². The third-order valence-corrected chi connectivity index (χ3v) is 4.75. The lowest BCUT2D eigenvalue weighted by atomic mass is 9.94. The largest absolute Gasteiger partial charge is 0.320 e. The van der Waals surface area contributed by atoms with Crippen LogP contribution in [0.1, 0.15) is 16.7 Å². The van der Waals surface area contributed by atoms with Crippen molar-refractivity contribution in [2.24, 2.45) is 0 Å². The second-order valence-corrected chi connectivity index (χ2v) is 6.43. The number of nitrogens with zero attached hydrogens (tertiary/aromatic N) is 1. The molecular formula is C19H11BrN2O. The van der Waals surface area contributed by atoms with Crippen LogP contribution in [0.2, 0.25) is 0 Å². The maximum absolute atomic E-state index is 12.4. The number of nitriles is 1. The minimum atomic E-state index is -0.333. The Morgan fingerprint density at radius 2 is 1.83 bits per heavy atom. The summed E-state index contributed by atoms with van der Waals surface area (Å²) in [4.78, 5) is 15.3. The predicted molar refractivity (Wildman–Crippen MR) is 93.2 cm³/mol. The number of hydrogen-bond donors (Lipinski definition) is 1. The Hall–Kier alpha value is -2.64. The van der Waals surface area contributed by atoms with Crippen LogP contribution in [-0.2, 0) is 6.42 Å². The van der Waals surface area contributed by atoms with E-state index in [9.17, 15) is 10.1 Å². The van der Waals surface area contributed by atoms with E-state index in [0.717, 1.165) is 38.8 Å². The SMILES string of the molecule is N#Cc1c(-c2ccc(Br)cc2)c2c([nH]c1=O)-c1ccccc1C2. The Labute approximate surface area is 141 Å². The van der Waals surface area contributed by atoms with Crippen molar-refractivity contribution in [3.8, 4) is 28.5 Å². The summed E-state index contributed by atoms with van der Waals surface area (Å²) in [7, 11) is 0. The standard InChI is InChI=1S/C19H11BrN2O/c20-13-7-5-11(6-8-13)17-15-9-12-3-1-2-4-14(12)18(15)22-19(23)16(17)10-21/h1-8H,9H2,(H,22,23). The molecule has 0 fully saturated rings. The molecule has 3 nitrogen and oxygen atoms in total. The molecule has 1 N–H and O–H groups in total. The molecule has 0 spiro atoms. The normalized spacial score (nSPS) is 11.7. The molecule has 110 valence electrons. The van der Waals surface area contributed by atoms with E-state index in [1.807, 2.05) is 42.5 Å². The zero-order valence-corrected chi connectivity index (χ0v) is 13.6. The van der Waals surface area contributed by atoms with Crippen LogP contribution in [0.25, 0.3) is 22.4 Å². The van der Waals surface area contributed by atoms with E-state index in [1.54, 1.807) is 0 Å². The highest BCUT2D eigenvalue weighted by Gasteiger charge is 2.26. The van der Waals surface area contributed by atoms with Crippen LogP contribution in [0.15, 0.2) is 57.8 Å². The van der Waals surface area contributed by atoms with Gasteiger partial charge in [-0.25, -0.2) is 0 Å². The molecule has 1 aliphatic carbocycles. The number of pyridine rings is 1. The minimum Gasteiger partial charge on any atom is -0.320 e. The summed E-state index contributed by atoms with van der Waals surface area (Å²) in [5, 5.41) is 9.48. The zero-order chi connectivity index (χ0) is 16.0. The fraction of sp³-hybridized carbons (Fsp3) is 0.0526. The number of hydrogen-bond acceptors (Lipinski definition) is 2. The van der Waals surface area contributed by atoms with Gasteiger partial charge in [0.15, 0.2) is 0 Å². The van der Waals surface area contributed by atoms with Gasteiger partial charge in [-0.15, -0.1) is 0 Å². The lowest BCUT2D eigenvalue weighted by Gasteiger charge is -2.11. The highest BCUT2D eigenvalue weighted by atomic mass is 79.9. The molecule has 2 aromatic carbocycles. The summed E-state index contributed by atoms with van der Waals surface area (Å²) in [5.41, 5.74) is 5.55. The highest BCUT2D eigenvalue weighted by Crippen LogP contribution is 2.40. The quantitative estimate of drug-likeness (QED) is 0.550.